The molecular formula is C13H9Cl2N3O2S. The first-order valence-electron chi connectivity index (χ1n) is 5.73. The van der Waals surface area contributed by atoms with Gasteiger partial charge in [0.1, 0.15) is 5.02 Å². The highest BCUT2D eigenvalue weighted by Crippen LogP contribution is 2.27. The van der Waals surface area contributed by atoms with Crippen LogP contribution in [0, 0.1) is 10.1 Å². The molecule has 0 amide bonds. The third-order valence-corrected chi connectivity index (χ3v) is 3.28. The Morgan fingerprint density at radius 2 is 1.62 bits per heavy atom. The first-order chi connectivity index (χ1) is 9.95. The van der Waals surface area contributed by atoms with Crippen molar-refractivity contribution in [3.05, 3.63) is 62.6 Å². The minimum Gasteiger partial charge on any atom is -0.332 e. The molecule has 2 rings (SSSR count). The van der Waals surface area contributed by atoms with Gasteiger partial charge in [-0.05, 0) is 48.6 Å². The molecule has 8 heteroatoms. The third-order valence-electron chi connectivity index (χ3n) is 2.50. The Hall–Kier alpha value is -1.89. The molecule has 0 atom stereocenters. The van der Waals surface area contributed by atoms with Gasteiger partial charge in [0, 0.05) is 22.5 Å². The van der Waals surface area contributed by atoms with Gasteiger partial charge in [-0.15, -0.1) is 0 Å². The fourth-order valence-corrected chi connectivity index (χ4v) is 2.11. The van der Waals surface area contributed by atoms with Gasteiger partial charge in [-0.3, -0.25) is 10.1 Å². The van der Waals surface area contributed by atoms with Crippen LogP contribution in [0.15, 0.2) is 42.5 Å². The van der Waals surface area contributed by atoms with Crippen LogP contribution in [-0.4, -0.2) is 10.0 Å². The lowest BCUT2D eigenvalue weighted by molar-refractivity contribution is -0.384. The van der Waals surface area contributed by atoms with Gasteiger partial charge in [0.15, 0.2) is 5.11 Å². The Balaban J connectivity index is 2.07. The lowest BCUT2D eigenvalue weighted by atomic mass is 10.3. The van der Waals surface area contributed by atoms with Crippen molar-refractivity contribution in [3.63, 3.8) is 0 Å². The van der Waals surface area contributed by atoms with E-state index in [0.29, 0.717) is 15.8 Å². The Kier molecular flexibility index (Phi) is 4.95. The molecule has 5 nitrogen and oxygen atoms in total. The minimum atomic E-state index is -0.552. The summed E-state index contributed by atoms with van der Waals surface area (Å²) in [6, 6.07) is 11.3. The maximum Gasteiger partial charge on any atom is 0.289 e. The second-order valence-electron chi connectivity index (χ2n) is 4.01. The molecule has 0 heterocycles. The molecule has 0 saturated carbocycles. The first kappa shape index (κ1) is 15.5. The molecule has 0 radical (unpaired) electrons. The number of nitrogens with zero attached hydrogens (tertiary/aromatic N) is 1. The van der Waals surface area contributed by atoms with Gasteiger partial charge >= 0.3 is 0 Å². The summed E-state index contributed by atoms with van der Waals surface area (Å²) >= 11 is 16.7. The first-order valence-corrected chi connectivity index (χ1v) is 6.89. The molecule has 0 aliphatic heterocycles. The van der Waals surface area contributed by atoms with Crippen LogP contribution in [0.5, 0.6) is 0 Å². The molecule has 0 saturated heterocycles. The number of thiocarbonyl (C=S) groups is 1. The van der Waals surface area contributed by atoms with Crippen LogP contribution in [-0.2, 0) is 0 Å². The average molecular weight is 342 g/mol. The number of rotatable bonds is 3. The van der Waals surface area contributed by atoms with Crippen LogP contribution < -0.4 is 10.6 Å². The summed E-state index contributed by atoms with van der Waals surface area (Å²) in [5.74, 6) is 0. The van der Waals surface area contributed by atoms with Crippen LogP contribution in [0.1, 0.15) is 0 Å². The van der Waals surface area contributed by atoms with Gasteiger partial charge in [0.2, 0.25) is 0 Å². The van der Waals surface area contributed by atoms with Crippen LogP contribution in [0.2, 0.25) is 10.0 Å². The van der Waals surface area contributed by atoms with Crippen molar-refractivity contribution in [2.45, 2.75) is 0 Å². The van der Waals surface area contributed by atoms with Crippen molar-refractivity contribution in [1.82, 2.24) is 0 Å². The van der Waals surface area contributed by atoms with Crippen molar-refractivity contribution >= 4 is 57.6 Å². The third kappa shape index (κ3) is 4.29. The van der Waals surface area contributed by atoms with E-state index >= 15 is 0 Å². The van der Waals surface area contributed by atoms with E-state index in [1.54, 1.807) is 30.3 Å². The molecule has 0 fully saturated rings. The quantitative estimate of drug-likeness (QED) is 0.480. The molecule has 2 N–H and O–H groups in total. The van der Waals surface area contributed by atoms with Crippen molar-refractivity contribution in [2.24, 2.45) is 0 Å². The summed E-state index contributed by atoms with van der Waals surface area (Å²) < 4.78 is 0. The van der Waals surface area contributed by atoms with Gasteiger partial charge in [-0.1, -0.05) is 23.2 Å². The fraction of sp³-hybridized carbons (Fsp3) is 0. The number of hydrogen-bond acceptors (Lipinski definition) is 3. The molecular weight excluding hydrogens is 333 g/mol. The Labute approximate surface area is 136 Å². The maximum atomic E-state index is 10.8. The molecule has 0 spiro atoms. The summed E-state index contributed by atoms with van der Waals surface area (Å²) in [5, 5.41) is 17.6. The van der Waals surface area contributed by atoms with Gasteiger partial charge in [0.25, 0.3) is 5.69 Å². The Morgan fingerprint density at radius 3 is 2.24 bits per heavy atom. The van der Waals surface area contributed by atoms with Crippen LogP contribution in [0.3, 0.4) is 0 Å². The van der Waals surface area contributed by atoms with E-state index in [1.165, 1.54) is 12.1 Å². The molecule has 2 aromatic carbocycles. The zero-order chi connectivity index (χ0) is 15.4. The van der Waals surface area contributed by atoms with E-state index in [-0.39, 0.29) is 10.7 Å². The standard InChI is InChI=1S/C13H9Cl2N3O2S/c14-8-1-3-9(4-2-8)16-13(21)17-10-5-6-11(15)12(7-10)18(19)20/h1-7H,(H2,16,17,21). The molecule has 0 bridgehead atoms. The van der Waals surface area contributed by atoms with E-state index in [0.717, 1.165) is 5.69 Å². The SMILES string of the molecule is O=[N+]([O-])c1cc(NC(=S)Nc2ccc(Cl)cc2)ccc1Cl. The molecule has 0 unspecified atom stereocenters. The van der Waals surface area contributed by atoms with E-state index in [1.807, 2.05) is 0 Å². The highest BCUT2D eigenvalue weighted by atomic mass is 35.5. The number of benzene rings is 2. The van der Waals surface area contributed by atoms with Crippen molar-refractivity contribution in [1.29, 1.82) is 0 Å². The number of halogens is 2. The topological polar surface area (TPSA) is 67.2 Å². The predicted molar refractivity (Wildman–Crippen MR) is 89.4 cm³/mol. The van der Waals surface area contributed by atoms with Gasteiger partial charge in [-0.2, -0.15) is 0 Å². The molecule has 0 aliphatic carbocycles. The lowest BCUT2D eigenvalue weighted by Gasteiger charge is -2.10. The van der Waals surface area contributed by atoms with Crippen molar-refractivity contribution < 1.29 is 4.92 Å². The summed E-state index contributed by atoms with van der Waals surface area (Å²) in [7, 11) is 0. The molecule has 0 aliphatic rings. The van der Waals surface area contributed by atoms with Crippen molar-refractivity contribution in [3.8, 4) is 0 Å². The largest absolute Gasteiger partial charge is 0.332 e. The summed E-state index contributed by atoms with van der Waals surface area (Å²) in [6.07, 6.45) is 0. The molecule has 108 valence electrons. The number of anilines is 2. The smallest absolute Gasteiger partial charge is 0.289 e. The van der Waals surface area contributed by atoms with Gasteiger partial charge < -0.3 is 10.6 Å². The summed E-state index contributed by atoms with van der Waals surface area (Å²) in [4.78, 5) is 10.3. The van der Waals surface area contributed by atoms with Crippen LogP contribution >= 0.6 is 35.4 Å². The number of hydrogen-bond donors (Lipinski definition) is 2. The summed E-state index contributed by atoms with van der Waals surface area (Å²) in [5.41, 5.74) is 1.04. The highest BCUT2D eigenvalue weighted by molar-refractivity contribution is 7.80. The van der Waals surface area contributed by atoms with Gasteiger partial charge in [-0.25, -0.2) is 0 Å². The number of nitro benzene ring substituents is 1. The second-order valence-corrected chi connectivity index (χ2v) is 5.26. The van der Waals surface area contributed by atoms with Crippen LogP contribution in [0.25, 0.3) is 0 Å². The summed E-state index contributed by atoms with van der Waals surface area (Å²) in [6.45, 7) is 0. The molecule has 2 aromatic rings. The minimum absolute atomic E-state index is 0.0714. The number of nitro groups is 1. The van der Waals surface area contributed by atoms with E-state index in [2.05, 4.69) is 10.6 Å². The zero-order valence-electron chi connectivity index (χ0n) is 10.5. The van der Waals surface area contributed by atoms with Crippen molar-refractivity contribution in [2.75, 3.05) is 10.6 Å². The Morgan fingerprint density at radius 1 is 1.05 bits per heavy atom. The predicted octanol–water partition coefficient (Wildman–Crippen LogP) is 4.71. The van der Waals surface area contributed by atoms with Crippen LogP contribution in [0.4, 0.5) is 17.1 Å². The monoisotopic (exact) mass is 341 g/mol. The number of nitrogens with one attached hydrogen (secondary N) is 2. The molecule has 21 heavy (non-hydrogen) atoms. The van der Waals surface area contributed by atoms with E-state index < -0.39 is 4.92 Å². The highest BCUT2D eigenvalue weighted by Gasteiger charge is 2.13. The average Bonchev–Trinajstić information content (AvgIpc) is 2.43. The van der Waals surface area contributed by atoms with E-state index in [9.17, 15) is 10.1 Å². The fourth-order valence-electron chi connectivity index (χ4n) is 1.56. The van der Waals surface area contributed by atoms with E-state index in [4.69, 9.17) is 35.4 Å². The normalized spacial score (nSPS) is 10.0. The lowest BCUT2D eigenvalue weighted by Crippen LogP contribution is -2.19. The molecule has 0 aromatic heterocycles. The zero-order valence-corrected chi connectivity index (χ0v) is 12.8. The van der Waals surface area contributed by atoms with Gasteiger partial charge in [0.05, 0.1) is 4.92 Å². The second kappa shape index (κ2) is 6.71. The Bertz CT molecular complexity index is 692. The maximum absolute atomic E-state index is 10.8.